The van der Waals surface area contributed by atoms with Gasteiger partial charge in [-0.1, -0.05) is 158 Å². The molecule has 0 amide bonds. The summed E-state index contributed by atoms with van der Waals surface area (Å²) in [6.45, 7) is 44.7. The van der Waals surface area contributed by atoms with Crippen molar-refractivity contribution in [1.29, 1.82) is 0 Å². The summed E-state index contributed by atoms with van der Waals surface area (Å²) in [6, 6.07) is 0. The van der Waals surface area contributed by atoms with Crippen LogP contribution in [-0.2, 0) is 109 Å². The minimum atomic E-state index is -3.17. The van der Waals surface area contributed by atoms with Gasteiger partial charge in [-0.2, -0.15) is 0 Å². The molecule has 32 heteroatoms. The average Bonchev–Trinajstić information content (AvgIpc) is 1.82. The predicted octanol–water partition coefficient (Wildman–Crippen LogP) is 8.26. The first-order valence-corrected chi connectivity index (χ1v) is 44.9. The summed E-state index contributed by atoms with van der Waals surface area (Å²) in [5, 5.41) is 66.4. The lowest BCUT2D eigenvalue weighted by Gasteiger charge is -2.09. The van der Waals surface area contributed by atoms with Crippen LogP contribution in [0.25, 0.3) is 0 Å². The summed E-state index contributed by atoms with van der Waals surface area (Å²) in [5.74, 6) is 10.8. The number of aromatic nitrogens is 16. The Morgan fingerprint density at radius 1 is 0.192 bits per heavy atom. The van der Waals surface area contributed by atoms with E-state index in [1.807, 2.05) is 0 Å². The zero-order chi connectivity index (χ0) is 91.8. The molecule has 0 saturated carbocycles. The van der Waals surface area contributed by atoms with Crippen LogP contribution in [-0.4, -0.2) is 66.1 Å². The lowest BCUT2D eigenvalue weighted by atomic mass is 10.2. The molecule has 0 aliphatic heterocycles. The van der Waals surface area contributed by atoms with Gasteiger partial charge in [0.1, 0.15) is 129 Å². The molecule has 8 aromatic rings. The number of aryl methyl sites for hydroxylation is 16. The summed E-state index contributed by atoms with van der Waals surface area (Å²) < 4.78 is 75.5. The maximum absolute atomic E-state index is 9.89. The van der Waals surface area contributed by atoms with Crippen molar-refractivity contribution in [3.63, 3.8) is 0 Å². The maximum Gasteiger partial charge on any atom is 0.253 e. The molecule has 0 radical (unpaired) electrons. The Labute approximate surface area is 727 Å². The first kappa shape index (κ1) is 120. The molecule has 0 fully saturated rings. The van der Waals surface area contributed by atoms with Crippen molar-refractivity contribution in [2.24, 2.45) is 56.4 Å². The number of hydrogen-bond donors (Lipinski definition) is 0. The highest BCUT2D eigenvalue weighted by atomic mass is 19.1. The molecule has 0 aliphatic carbocycles. The van der Waals surface area contributed by atoms with Crippen LogP contribution in [0.3, 0.4) is 0 Å². The zero-order valence-corrected chi connectivity index (χ0v) is 79.8. The third kappa shape index (κ3) is 64.2. The molecule has 0 spiro atoms. The summed E-state index contributed by atoms with van der Waals surface area (Å²) in [7, 11) is 4.09. The van der Waals surface area contributed by atoms with Gasteiger partial charge in [0.15, 0.2) is 0 Å². The van der Waals surface area contributed by atoms with Crippen LogP contribution in [0.15, 0.2) is 99.1 Å². The van der Waals surface area contributed by atoms with Gasteiger partial charge in [0.05, 0.1) is 109 Å². The minimum absolute atomic E-state index is 1.17. The van der Waals surface area contributed by atoms with Crippen molar-refractivity contribution in [2.45, 2.75) is 369 Å². The van der Waals surface area contributed by atoms with E-state index in [1.54, 1.807) is 0 Å². The van der Waals surface area contributed by atoms with Gasteiger partial charge < -0.3 is 57.5 Å². The topological polar surface area (TPSA) is 255 Å². The molecule has 8 aromatic heterocycles. The molecule has 8 rings (SSSR count). The van der Waals surface area contributed by atoms with Gasteiger partial charge >= 0.3 is 0 Å². The van der Waals surface area contributed by atoms with E-state index in [1.165, 1.54) is 304 Å². The van der Waals surface area contributed by atoms with E-state index in [0.717, 1.165) is 0 Å². The maximum atomic E-state index is 9.89. The smallest absolute Gasteiger partial charge is 0.253 e. The van der Waals surface area contributed by atoms with E-state index in [4.69, 9.17) is 40.2 Å². The van der Waals surface area contributed by atoms with Gasteiger partial charge in [-0.05, 0) is 103 Å². The Hall–Kier alpha value is -6.66. The number of nitrogens with zero attached hydrogens (tertiary/aromatic N) is 16. The highest BCUT2D eigenvalue weighted by Crippen LogP contribution is 2.07. The van der Waals surface area contributed by atoms with Crippen LogP contribution in [0, 0.1) is 55.4 Å². The standard InChI is InChI=1S/8C11H21N2.4BFO2/c8*1-4-5-6-7-8-13-10-9-12(3)11(13)2;4*2-1(3)4/h8*9-10H,4-8H2,1-3H3;;;;/q8*+1;4*-2. The molecule has 8 heterocycles. The molecule has 120 heavy (non-hydrogen) atoms. The first-order chi connectivity index (χ1) is 57.0. The van der Waals surface area contributed by atoms with E-state index in [-0.39, 0.29) is 0 Å². The van der Waals surface area contributed by atoms with Crippen LogP contribution in [0.1, 0.15) is 307 Å². The molecule has 688 valence electrons. The highest BCUT2D eigenvalue weighted by Gasteiger charge is 2.14. The Morgan fingerprint density at radius 3 is 0.333 bits per heavy atom. The molecule has 0 N–H and O–H groups in total. The molecule has 0 saturated heterocycles. The van der Waals surface area contributed by atoms with Crippen molar-refractivity contribution in [3.8, 4) is 0 Å². The SMILES string of the molecule is CCCCCC[n+]1ccn(C)c1C.CCCCCC[n+]1ccn(C)c1C.CCCCCC[n+]1ccn(C)c1C.CCCCCC[n+]1ccn(C)c1C.CCCCCC[n+]1ccn(C)c1C.CCCCCC[n+]1ccn(C)c1C.CCCCCC[n+]1ccn(C)c1C.CCCCCC[n+]1ccn(C)c1C.[O-]B([O-])F.[O-]B([O-])F.[O-]B([O-])F.[O-]B([O-])F. The van der Waals surface area contributed by atoms with Gasteiger partial charge in [-0.25, -0.2) is 73.1 Å². The third-order valence-corrected chi connectivity index (χ3v) is 21.2. The van der Waals surface area contributed by atoms with Crippen molar-refractivity contribution < 1.29 is 94.0 Å². The van der Waals surface area contributed by atoms with E-state index in [9.17, 15) is 17.3 Å². The Balaban J connectivity index is -0.000000624. The van der Waals surface area contributed by atoms with Gasteiger partial charge in [0.25, 0.3) is 46.6 Å². The fourth-order valence-corrected chi connectivity index (χ4v) is 12.4. The largest absolute Gasteiger partial charge is 0.867 e. The van der Waals surface area contributed by atoms with E-state index >= 15 is 0 Å². The number of hydrogen-bond acceptors (Lipinski definition) is 8. The number of halogens is 4. The average molecular weight is 1700 g/mol. The fourth-order valence-electron chi connectivity index (χ4n) is 12.4. The van der Waals surface area contributed by atoms with Crippen molar-refractivity contribution in [3.05, 3.63) is 146 Å². The van der Waals surface area contributed by atoms with Crippen LogP contribution in [0.5, 0.6) is 0 Å². The van der Waals surface area contributed by atoms with Crippen LogP contribution >= 0.6 is 0 Å². The summed E-state index contributed by atoms with van der Waals surface area (Å²) >= 11 is 0. The van der Waals surface area contributed by atoms with Crippen LogP contribution in [0.2, 0.25) is 0 Å². The zero-order valence-electron chi connectivity index (χ0n) is 79.8. The second kappa shape index (κ2) is 78.3. The summed E-state index contributed by atoms with van der Waals surface area (Å²) in [5.41, 5.74) is 0. The van der Waals surface area contributed by atoms with Gasteiger partial charge in [0, 0.05) is 55.4 Å². The Morgan fingerprint density at radius 2 is 0.275 bits per heavy atom. The van der Waals surface area contributed by atoms with Gasteiger partial charge in [-0.3, -0.25) is 0 Å². The third-order valence-electron chi connectivity index (χ3n) is 21.2. The molecule has 24 nitrogen and oxygen atoms in total. The van der Waals surface area contributed by atoms with Crippen molar-refractivity contribution in [2.75, 3.05) is 0 Å². The second-order valence-corrected chi connectivity index (χ2v) is 30.8. The van der Waals surface area contributed by atoms with Crippen LogP contribution < -0.4 is 76.7 Å². The lowest BCUT2D eigenvalue weighted by Crippen LogP contribution is -2.39. The van der Waals surface area contributed by atoms with E-state index in [2.05, 4.69) is 339 Å². The summed E-state index contributed by atoms with van der Waals surface area (Å²) in [6.07, 6.45) is 77.1. The van der Waals surface area contributed by atoms with Gasteiger partial charge in [-0.15, -0.1) is 0 Å². The Bertz CT molecular complexity index is 2930. The molecule has 0 bridgehead atoms. The summed E-state index contributed by atoms with van der Waals surface area (Å²) in [4.78, 5) is 0. The number of rotatable bonds is 40. The lowest BCUT2D eigenvalue weighted by molar-refractivity contribution is -0.703. The van der Waals surface area contributed by atoms with Crippen molar-refractivity contribution >= 4 is 29.6 Å². The molecule has 0 atom stereocenters. The molecule has 0 unspecified atom stereocenters. The monoisotopic (exact) mass is 1700 g/mol. The minimum Gasteiger partial charge on any atom is -0.867 e. The first-order valence-electron chi connectivity index (χ1n) is 44.9. The predicted molar refractivity (Wildman–Crippen MR) is 463 cm³/mol. The normalized spacial score (nSPS) is 10.2. The number of unbranched alkanes of at least 4 members (excludes halogenated alkanes) is 24. The van der Waals surface area contributed by atoms with E-state index in [0.29, 0.717) is 0 Å². The Kier molecular flexibility index (Phi) is 78.1. The van der Waals surface area contributed by atoms with Crippen LogP contribution in [0.4, 0.5) is 17.3 Å². The molecular formula is C88H168B4F4N16O8. The highest BCUT2D eigenvalue weighted by molar-refractivity contribution is 6.27. The fraction of sp³-hybridized carbons (Fsp3) is 0.727. The molecular weight excluding hydrogens is 1530 g/mol. The second-order valence-electron chi connectivity index (χ2n) is 30.8. The number of imidazole rings is 8. The van der Waals surface area contributed by atoms with Crippen molar-refractivity contribution in [1.82, 2.24) is 36.5 Å². The van der Waals surface area contributed by atoms with E-state index < -0.39 is 29.6 Å². The molecule has 0 aliphatic rings. The quantitative estimate of drug-likeness (QED) is 0.0156. The molecule has 0 aromatic carbocycles. The van der Waals surface area contributed by atoms with Gasteiger partial charge in [0.2, 0.25) is 0 Å².